The van der Waals surface area contributed by atoms with Gasteiger partial charge in [0.1, 0.15) is 6.29 Å². The number of nitrogens with zero attached hydrogens (tertiary/aromatic N) is 1. The molecule has 0 aliphatic heterocycles. The van der Waals surface area contributed by atoms with Gasteiger partial charge in [0, 0.05) is 24.8 Å². The van der Waals surface area contributed by atoms with Crippen LogP contribution in [0.4, 0.5) is 0 Å². The van der Waals surface area contributed by atoms with Crippen molar-refractivity contribution >= 4 is 18.2 Å². The summed E-state index contributed by atoms with van der Waals surface area (Å²) in [6.07, 6.45) is 4.30. The molecule has 4 unspecified atom stereocenters. The Bertz CT molecular complexity index is 389. The maximum atomic E-state index is 11.6. The summed E-state index contributed by atoms with van der Waals surface area (Å²) in [5.41, 5.74) is 11.0. The van der Waals surface area contributed by atoms with Gasteiger partial charge >= 0.3 is 0 Å². The molecule has 0 bridgehead atoms. The van der Waals surface area contributed by atoms with Crippen molar-refractivity contribution in [2.24, 2.45) is 34.2 Å². The Morgan fingerprint density at radius 2 is 1.95 bits per heavy atom. The Balaban J connectivity index is 3.03. The molecule has 0 aromatic carbocycles. The molecule has 1 fully saturated rings. The van der Waals surface area contributed by atoms with Gasteiger partial charge in [-0.15, -0.1) is 0 Å². The number of hydrogen-bond donors (Lipinski definition) is 3. The third kappa shape index (κ3) is 4.72. The molecule has 4 atom stereocenters. The monoisotopic (exact) mass is 296 g/mol. The molecular weight excluding hydrogens is 268 g/mol. The van der Waals surface area contributed by atoms with E-state index in [1.165, 1.54) is 6.92 Å². The molecule has 0 heterocycles. The van der Waals surface area contributed by atoms with E-state index in [0.29, 0.717) is 12.3 Å². The number of aldehydes is 1. The number of carbonyl (C=O) groups is 2. The normalized spacial score (nSPS) is 26.4. The molecule has 1 aliphatic rings. The van der Waals surface area contributed by atoms with Crippen LogP contribution in [0.5, 0.6) is 0 Å². The molecule has 6 nitrogen and oxygen atoms in total. The Morgan fingerprint density at radius 3 is 2.38 bits per heavy atom. The van der Waals surface area contributed by atoms with Crippen LogP contribution >= 0.6 is 0 Å². The first-order chi connectivity index (χ1) is 9.92. The van der Waals surface area contributed by atoms with Gasteiger partial charge in [0.15, 0.2) is 5.96 Å². The molecule has 1 amide bonds. The summed E-state index contributed by atoms with van der Waals surface area (Å²) in [5.74, 6) is 0.429. The highest BCUT2D eigenvalue weighted by Crippen LogP contribution is 2.38. The molecule has 5 N–H and O–H groups in total. The topological polar surface area (TPSA) is 111 Å². The predicted octanol–water partition coefficient (Wildman–Crippen LogP) is 0.794. The lowest BCUT2D eigenvalue weighted by Crippen LogP contribution is -2.47. The second-order valence-corrected chi connectivity index (χ2v) is 5.96. The largest absolute Gasteiger partial charge is 0.370 e. The molecule has 0 saturated heterocycles. The van der Waals surface area contributed by atoms with Gasteiger partial charge in [-0.2, -0.15) is 0 Å². The predicted molar refractivity (Wildman–Crippen MR) is 83.6 cm³/mol. The first-order valence-corrected chi connectivity index (χ1v) is 7.73. The first kappa shape index (κ1) is 17.5. The summed E-state index contributed by atoms with van der Waals surface area (Å²) in [5, 5.41) is 3.07. The summed E-state index contributed by atoms with van der Waals surface area (Å²) in [4.78, 5) is 27.0. The van der Waals surface area contributed by atoms with Gasteiger partial charge in [0.05, 0.1) is 6.04 Å². The number of aliphatic imine (C=N–C) groups is 1. The number of amides is 1. The molecule has 0 aromatic heterocycles. The van der Waals surface area contributed by atoms with Crippen molar-refractivity contribution in [3.63, 3.8) is 0 Å². The molecule has 0 aromatic rings. The van der Waals surface area contributed by atoms with Crippen LogP contribution in [0.15, 0.2) is 4.99 Å². The van der Waals surface area contributed by atoms with Crippen molar-refractivity contribution in [3.05, 3.63) is 0 Å². The van der Waals surface area contributed by atoms with Crippen molar-refractivity contribution in [1.82, 2.24) is 5.32 Å². The Labute approximate surface area is 126 Å². The first-order valence-electron chi connectivity index (χ1n) is 7.73. The summed E-state index contributed by atoms with van der Waals surface area (Å²) in [7, 11) is 0. The van der Waals surface area contributed by atoms with Crippen molar-refractivity contribution in [2.45, 2.75) is 58.5 Å². The van der Waals surface area contributed by atoms with E-state index in [9.17, 15) is 9.59 Å². The molecule has 120 valence electrons. The average Bonchev–Trinajstić information content (AvgIpc) is 2.80. The van der Waals surface area contributed by atoms with Crippen molar-refractivity contribution in [1.29, 1.82) is 0 Å². The molecule has 0 radical (unpaired) electrons. The van der Waals surface area contributed by atoms with Gasteiger partial charge in [-0.3, -0.25) is 4.79 Å². The molecule has 1 rings (SSSR count). The molecule has 0 spiro atoms. The summed E-state index contributed by atoms with van der Waals surface area (Å²) in [6.45, 7) is 5.76. The zero-order valence-corrected chi connectivity index (χ0v) is 13.2. The third-order valence-corrected chi connectivity index (χ3v) is 4.51. The number of guanidine groups is 1. The van der Waals surface area contributed by atoms with E-state index in [1.54, 1.807) is 0 Å². The second-order valence-electron chi connectivity index (χ2n) is 5.96. The van der Waals surface area contributed by atoms with Crippen molar-refractivity contribution < 1.29 is 9.59 Å². The lowest BCUT2D eigenvalue weighted by molar-refractivity contribution is -0.120. The van der Waals surface area contributed by atoms with E-state index < -0.39 is 0 Å². The molecular formula is C15H28N4O2. The maximum absolute atomic E-state index is 11.6. The fraction of sp³-hybridized carbons (Fsp3) is 0.800. The Hall–Kier alpha value is -1.59. The van der Waals surface area contributed by atoms with Crippen molar-refractivity contribution in [2.75, 3.05) is 0 Å². The minimum absolute atomic E-state index is 0.00977. The van der Waals surface area contributed by atoms with Gasteiger partial charge in [0.25, 0.3) is 0 Å². The average molecular weight is 296 g/mol. The summed E-state index contributed by atoms with van der Waals surface area (Å²) in [6, 6.07) is -0.0850. The van der Waals surface area contributed by atoms with Crippen LogP contribution in [0, 0.1) is 17.8 Å². The molecule has 1 saturated carbocycles. The SMILES string of the molecule is CCC(CC)C(NC(C)=O)C1CC(C=O)CC1N=C(N)N. The molecule has 6 heteroatoms. The minimum atomic E-state index is -0.0948. The quantitative estimate of drug-likeness (QED) is 0.366. The highest BCUT2D eigenvalue weighted by Gasteiger charge is 2.41. The highest BCUT2D eigenvalue weighted by atomic mass is 16.1. The van der Waals surface area contributed by atoms with E-state index in [4.69, 9.17) is 11.5 Å². The van der Waals surface area contributed by atoms with Gasteiger partial charge in [-0.05, 0) is 18.8 Å². The smallest absolute Gasteiger partial charge is 0.217 e. The number of carbonyl (C=O) groups excluding carboxylic acids is 2. The van der Waals surface area contributed by atoms with Crippen LogP contribution in [0.25, 0.3) is 0 Å². The van der Waals surface area contributed by atoms with Crippen LogP contribution < -0.4 is 16.8 Å². The Morgan fingerprint density at radius 1 is 1.33 bits per heavy atom. The van der Waals surface area contributed by atoms with Gasteiger partial charge < -0.3 is 21.6 Å². The van der Waals surface area contributed by atoms with Crippen molar-refractivity contribution in [3.8, 4) is 0 Å². The molecule has 21 heavy (non-hydrogen) atoms. The zero-order valence-electron chi connectivity index (χ0n) is 13.2. The fourth-order valence-electron chi connectivity index (χ4n) is 3.53. The van der Waals surface area contributed by atoms with Crippen LogP contribution in [0.2, 0.25) is 0 Å². The Kier molecular flexibility index (Phi) is 6.65. The lowest BCUT2D eigenvalue weighted by atomic mass is 9.82. The number of nitrogens with one attached hydrogen (secondary N) is 1. The maximum Gasteiger partial charge on any atom is 0.217 e. The standard InChI is InChI=1S/C15H28N4O2/c1-4-11(5-2)14(18-9(3)21)12-6-10(8-20)7-13(12)19-15(16)17/h8,10-14H,4-7H2,1-3H3,(H,18,21)(H4,16,17,19). The van der Waals surface area contributed by atoms with Crippen LogP contribution in [0.3, 0.4) is 0 Å². The number of hydrogen-bond acceptors (Lipinski definition) is 3. The van der Waals surface area contributed by atoms with E-state index in [-0.39, 0.29) is 35.8 Å². The van der Waals surface area contributed by atoms with Gasteiger partial charge in [-0.25, -0.2) is 4.99 Å². The van der Waals surface area contributed by atoms with E-state index in [2.05, 4.69) is 24.2 Å². The minimum Gasteiger partial charge on any atom is -0.370 e. The van der Waals surface area contributed by atoms with E-state index in [0.717, 1.165) is 25.5 Å². The summed E-state index contributed by atoms with van der Waals surface area (Å²) < 4.78 is 0. The summed E-state index contributed by atoms with van der Waals surface area (Å²) >= 11 is 0. The molecule has 1 aliphatic carbocycles. The number of nitrogens with two attached hydrogens (primary N) is 2. The van der Waals surface area contributed by atoms with E-state index >= 15 is 0 Å². The van der Waals surface area contributed by atoms with Crippen LogP contribution in [0.1, 0.15) is 46.5 Å². The van der Waals surface area contributed by atoms with Crippen LogP contribution in [-0.2, 0) is 9.59 Å². The zero-order chi connectivity index (χ0) is 16.0. The third-order valence-electron chi connectivity index (χ3n) is 4.51. The van der Waals surface area contributed by atoms with E-state index in [1.807, 2.05) is 0 Å². The number of rotatable bonds is 7. The van der Waals surface area contributed by atoms with Gasteiger partial charge in [0.2, 0.25) is 5.91 Å². The fourth-order valence-corrected chi connectivity index (χ4v) is 3.53. The second kappa shape index (κ2) is 8.00. The highest BCUT2D eigenvalue weighted by molar-refractivity contribution is 5.76. The van der Waals surface area contributed by atoms with Crippen LogP contribution in [-0.4, -0.2) is 30.2 Å². The van der Waals surface area contributed by atoms with Gasteiger partial charge in [-0.1, -0.05) is 26.7 Å². The lowest BCUT2D eigenvalue weighted by Gasteiger charge is -2.33.